The van der Waals surface area contributed by atoms with Crippen LogP contribution in [0.15, 0.2) is 55.4 Å². The van der Waals surface area contributed by atoms with Gasteiger partial charge in [0.2, 0.25) is 0 Å². The van der Waals surface area contributed by atoms with Crippen molar-refractivity contribution in [3.05, 3.63) is 60.9 Å². The van der Waals surface area contributed by atoms with E-state index in [1.807, 2.05) is 18.5 Å². The Hall–Kier alpha value is -1.93. The van der Waals surface area contributed by atoms with Crippen LogP contribution in [0.3, 0.4) is 0 Å². The van der Waals surface area contributed by atoms with Crippen molar-refractivity contribution in [2.24, 2.45) is 0 Å². The molecule has 1 atom stereocenters. The van der Waals surface area contributed by atoms with Crippen molar-refractivity contribution in [2.75, 3.05) is 6.54 Å². The normalized spacial score (nSPS) is 18.4. The van der Waals surface area contributed by atoms with Crippen LogP contribution in [0, 0.1) is 0 Å². The molecule has 1 saturated heterocycles. The summed E-state index contributed by atoms with van der Waals surface area (Å²) in [5.41, 5.74) is 4.64. The maximum Gasteiger partial charge on any atom is 0.0346 e. The van der Waals surface area contributed by atoms with Gasteiger partial charge in [-0.15, -0.1) is 0 Å². The second kappa shape index (κ2) is 5.37. The Morgan fingerprint density at radius 2 is 2.00 bits per heavy atom. The summed E-state index contributed by atoms with van der Waals surface area (Å²) < 4.78 is 0. The standard InChI is InChI=1S/C17H18N2/c1-13(17-8-5-9-19-17)15-10-16(12-18-11-15)14-6-3-2-4-7-14/h2-4,6-7,10-12,17,19H,1,5,8-9H2. The molecule has 1 unspecified atom stereocenters. The fourth-order valence-corrected chi connectivity index (χ4v) is 2.59. The summed E-state index contributed by atoms with van der Waals surface area (Å²) in [6, 6.07) is 12.9. The second-order valence-corrected chi connectivity index (χ2v) is 5.00. The molecule has 0 radical (unpaired) electrons. The zero-order valence-corrected chi connectivity index (χ0v) is 11.0. The lowest BCUT2D eigenvalue weighted by molar-refractivity contribution is 0.744. The van der Waals surface area contributed by atoms with E-state index < -0.39 is 0 Å². The van der Waals surface area contributed by atoms with Gasteiger partial charge in [0.05, 0.1) is 0 Å². The number of benzene rings is 1. The summed E-state index contributed by atoms with van der Waals surface area (Å²) in [6.45, 7) is 5.33. The highest BCUT2D eigenvalue weighted by Crippen LogP contribution is 2.26. The highest BCUT2D eigenvalue weighted by atomic mass is 14.9. The van der Waals surface area contributed by atoms with Gasteiger partial charge in [-0.1, -0.05) is 36.9 Å². The Balaban J connectivity index is 1.89. The highest BCUT2D eigenvalue weighted by Gasteiger charge is 2.18. The van der Waals surface area contributed by atoms with Crippen molar-refractivity contribution >= 4 is 5.57 Å². The van der Waals surface area contributed by atoms with Gasteiger partial charge in [0.25, 0.3) is 0 Å². The van der Waals surface area contributed by atoms with Crippen LogP contribution in [0.25, 0.3) is 16.7 Å². The third-order valence-electron chi connectivity index (χ3n) is 3.70. The first-order valence-electron chi connectivity index (χ1n) is 6.77. The van der Waals surface area contributed by atoms with E-state index in [-0.39, 0.29) is 0 Å². The van der Waals surface area contributed by atoms with E-state index in [9.17, 15) is 0 Å². The van der Waals surface area contributed by atoms with Crippen LogP contribution in [0.2, 0.25) is 0 Å². The molecule has 1 aliphatic rings. The van der Waals surface area contributed by atoms with Crippen LogP contribution in [-0.4, -0.2) is 17.6 Å². The minimum absolute atomic E-state index is 0.410. The summed E-state index contributed by atoms with van der Waals surface area (Å²) in [5.74, 6) is 0. The van der Waals surface area contributed by atoms with Gasteiger partial charge < -0.3 is 5.32 Å². The minimum Gasteiger partial charge on any atom is -0.310 e. The van der Waals surface area contributed by atoms with Crippen LogP contribution in [-0.2, 0) is 0 Å². The molecule has 1 aromatic carbocycles. The number of rotatable bonds is 3. The fraction of sp³-hybridized carbons (Fsp3) is 0.235. The summed E-state index contributed by atoms with van der Waals surface area (Å²) in [5, 5.41) is 3.49. The summed E-state index contributed by atoms with van der Waals surface area (Å²) in [4.78, 5) is 4.36. The first kappa shape index (κ1) is 12.1. The molecule has 19 heavy (non-hydrogen) atoms. The molecule has 0 aliphatic carbocycles. The van der Waals surface area contributed by atoms with Crippen molar-refractivity contribution in [2.45, 2.75) is 18.9 Å². The molecule has 0 saturated carbocycles. The lowest BCUT2D eigenvalue weighted by atomic mass is 9.98. The minimum atomic E-state index is 0.410. The van der Waals surface area contributed by atoms with E-state index in [0.717, 1.165) is 23.2 Å². The molecule has 0 amide bonds. The molecular weight excluding hydrogens is 232 g/mol. The third-order valence-corrected chi connectivity index (χ3v) is 3.70. The SMILES string of the molecule is C=C(c1cncc(-c2ccccc2)c1)C1CCCN1. The molecular formula is C17H18N2. The first-order valence-corrected chi connectivity index (χ1v) is 6.77. The Labute approximate surface area is 114 Å². The number of aromatic nitrogens is 1. The fourth-order valence-electron chi connectivity index (χ4n) is 2.59. The van der Waals surface area contributed by atoms with Crippen molar-refractivity contribution in [1.29, 1.82) is 0 Å². The molecule has 2 heteroatoms. The quantitative estimate of drug-likeness (QED) is 0.901. The lowest BCUT2D eigenvalue weighted by Gasteiger charge is -2.14. The van der Waals surface area contributed by atoms with Gasteiger partial charge in [-0.2, -0.15) is 0 Å². The van der Waals surface area contributed by atoms with Crippen LogP contribution < -0.4 is 5.32 Å². The van der Waals surface area contributed by atoms with Crippen LogP contribution in [0.1, 0.15) is 18.4 Å². The summed E-state index contributed by atoms with van der Waals surface area (Å²) in [7, 11) is 0. The van der Waals surface area contributed by atoms with Crippen molar-refractivity contribution in [1.82, 2.24) is 10.3 Å². The Morgan fingerprint density at radius 1 is 1.16 bits per heavy atom. The van der Waals surface area contributed by atoms with Gasteiger partial charge in [0.15, 0.2) is 0 Å². The van der Waals surface area contributed by atoms with Gasteiger partial charge >= 0.3 is 0 Å². The van der Waals surface area contributed by atoms with Gasteiger partial charge in [0, 0.05) is 24.0 Å². The largest absolute Gasteiger partial charge is 0.310 e. The van der Waals surface area contributed by atoms with E-state index in [1.54, 1.807) is 0 Å². The predicted octanol–water partition coefficient (Wildman–Crippen LogP) is 3.51. The smallest absolute Gasteiger partial charge is 0.0346 e. The average molecular weight is 250 g/mol. The van der Waals surface area contributed by atoms with Crippen molar-refractivity contribution in [3.8, 4) is 11.1 Å². The number of hydrogen-bond donors (Lipinski definition) is 1. The number of nitrogens with one attached hydrogen (secondary N) is 1. The Morgan fingerprint density at radius 3 is 2.74 bits per heavy atom. The van der Waals surface area contributed by atoms with Crippen LogP contribution >= 0.6 is 0 Å². The van der Waals surface area contributed by atoms with Gasteiger partial charge in [-0.3, -0.25) is 4.98 Å². The Kier molecular flexibility index (Phi) is 3.43. The van der Waals surface area contributed by atoms with Crippen molar-refractivity contribution in [3.63, 3.8) is 0 Å². The second-order valence-electron chi connectivity index (χ2n) is 5.00. The van der Waals surface area contributed by atoms with Crippen LogP contribution in [0.4, 0.5) is 0 Å². The molecule has 3 rings (SSSR count). The first-order chi connectivity index (χ1) is 9.34. The molecule has 0 bridgehead atoms. The zero-order chi connectivity index (χ0) is 13.1. The maximum absolute atomic E-state index is 4.36. The lowest BCUT2D eigenvalue weighted by Crippen LogP contribution is -2.22. The summed E-state index contributed by atoms with van der Waals surface area (Å²) in [6.07, 6.45) is 6.23. The van der Waals surface area contributed by atoms with E-state index in [1.165, 1.54) is 18.4 Å². The molecule has 2 heterocycles. The third kappa shape index (κ3) is 2.59. The molecule has 1 aromatic heterocycles. The zero-order valence-electron chi connectivity index (χ0n) is 11.0. The highest BCUT2D eigenvalue weighted by molar-refractivity contribution is 5.72. The average Bonchev–Trinajstić information content (AvgIpc) is 3.02. The number of hydrogen-bond acceptors (Lipinski definition) is 2. The van der Waals surface area contributed by atoms with E-state index in [2.05, 4.69) is 47.2 Å². The van der Waals surface area contributed by atoms with E-state index in [0.29, 0.717) is 6.04 Å². The molecule has 2 aromatic rings. The molecule has 1 aliphatic heterocycles. The van der Waals surface area contributed by atoms with E-state index >= 15 is 0 Å². The number of nitrogens with zero attached hydrogens (tertiary/aromatic N) is 1. The van der Waals surface area contributed by atoms with Gasteiger partial charge in [-0.05, 0) is 42.2 Å². The molecule has 2 nitrogen and oxygen atoms in total. The number of pyridine rings is 1. The molecule has 1 N–H and O–H groups in total. The van der Waals surface area contributed by atoms with E-state index in [4.69, 9.17) is 0 Å². The molecule has 0 spiro atoms. The van der Waals surface area contributed by atoms with Gasteiger partial charge in [0.1, 0.15) is 0 Å². The van der Waals surface area contributed by atoms with Gasteiger partial charge in [-0.25, -0.2) is 0 Å². The summed E-state index contributed by atoms with van der Waals surface area (Å²) >= 11 is 0. The maximum atomic E-state index is 4.36. The predicted molar refractivity (Wildman–Crippen MR) is 79.7 cm³/mol. The Bertz CT molecular complexity index is 569. The van der Waals surface area contributed by atoms with Crippen LogP contribution in [0.5, 0.6) is 0 Å². The topological polar surface area (TPSA) is 24.9 Å². The monoisotopic (exact) mass is 250 g/mol. The molecule has 1 fully saturated rings. The molecule has 96 valence electrons. The van der Waals surface area contributed by atoms with Crippen molar-refractivity contribution < 1.29 is 0 Å².